The standard InChI is InChI=1S/C54H72N10O6S4.2ClH/c1-31(55-7)49(71)59-37-23-25-73-39-27-53(3,4)43(63(39)51(37)69)47(67)61-41(35-15-11-9-12-16-35)45(65)57-29-33-19-21-34(22-20-33)30-58-46(66)42(36-17-13-10-14-18-36)62-48(68)44-54(5,6)28-40-64(44)52(70)38(24-26-74-40)60-50(72)32(2)56-8;;/h9-22,31-32,37-44,55-56H,23-30H2,1-8H3,(H,57,65)(H,58,66)(H,59,71)(H,60,72)(H,61,67)(H,62,68);2*1H/t31?,32?,37-,38-,39-,40-,41?,42?,43+,44+;;/m0../s1. The molecule has 4 saturated heterocycles. The first-order chi connectivity index (χ1) is 35.2. The lowest BCUT2D eigenvalue weighted by Gasteiger charge is -2.35. The number of thioether (sulfide) groups is 2. The molecule has 4 aliphatic rings. The van der Waals surface area contributed by atoms with Crippen LogP contribution in [0.3, 0.4) is 0 Å². The van der Waals surface area contributed by atoms with Gasteiger partial charge in [-0.1, -0.05) is 137 Å². The SMILES string of the molecule is CNC(C)C(=S)N[C@H]1CCS[C@H]2CC(C)(C)[C@@H](C(=O)NC(C(=O)NCc3ccc(CNC(=O)C(NC(=O)[C@H]4N5C(=O)[C@@H](NC(=S)C(C)NC)CCS[C@H]5CC4(C)C)c4ccccc4)cc3)c3ccccc3)N2C1=O.Cl.Cl. The predicted molar refractivity (Wildman–Crippen MR) is 315 cm³/mol. The van der Waals surface area contributed by atoms with Crippen LogP contribution >= 0.6 is 72.8 Å². The van der Waals surface area contributed by atoms with Gasteiger partial charge in [-0.3, -0.25) is 28.8 Å². The molecule has 4 unspecified atom stereocenters. The quantitative estimate of drug-likeness (QED) is 0.0748. The van der Waals surface area contributed by atoms with Crippen LogP contribution in [-0.4, -0.2) is 128 Å². The van der Waals surface area contributed by atoms with Gasteiger partial charge >= 0.3 is 0 Å². The van der Waals surface area contributed by atoms with Gasteiger partial charge in [-0.25, -0.2) is 0 Å². The van der Waals surface area contributed by atoms with Gasteiger partial charge in [0.1, 0.15) is 36.3 Å². The van der Waals surface area contributed by atoms with Crippen LogP contribution in [0.15, 0.2) is 84.9 Å². The molecule has 0 saturated carbocycles. The molecule has 10 atom stereocenters. The number of thiocarbonyl (C=S) groups is 2. The molecular formula is C54H74Cl2N10O6S4. The van der Waals surface area contributed by atoms with Gasteiger partial charge in [0.15, 0.2) is 0 Å². The molecule has 7 rings (SSSR count). The largest absolute Gasteiger partial charge is 0.367 e. The number of likely N-dealkylation sites (N-methyl/N-ethyl adjacent to an activating group) is 2. The van der Waals surface area contributed by atoms with Crippen LogP contribution in [0.1, 0.15) is 102 Å². The number of fused-ring (bicyclic) bond motifs is 2. The van der Waals surface area contributed by atoms with Crippen LogP contribution in [0, 0.1) is 10.8 Å². The molecule has 414 valence electrons. The predicted octanol–water partition coefficient (Wildman–Crippen LogP) is 5.44. The Balaban J connectivity index is 0.00000533. The fourth-order valence-electron chi connectivity index (χ4n) is 10.3. The van der Waals surface area contributed by atoms with E-state index in [0.29, 0.717) is 46.8 Å². The van der Waals surface area contributed by atoms with E-state index in [4.69, 9.17) is 24.4 Å². The highest BCUT2D eigenvalue weighted by Gasteiger charge is 2.56. The van der Waals surface area contributed by atoms with E-state index < -0.39 is 70.7 Å². The van der Waals surface area contributed by atoms with Crippen molar-refractivity contribution in [3.8, 4) is 0 Å². The van der Waals surface area contributed by atoms with Gasteiger partial charge in [0, 0.05) is 13.1 Å². The summed E-state index contributed by atoms with van der Waals surface area (Å²) in [5, 5.41) is 24.4. The van der Waals surface area contributed by atoms with Gasteiger partial charge in [-0.2, -0.15) is 0 Å². The van der Waals surface area contributed by atoms with E-state index in [1.54, 1.807) is 71.7 Å². The van der Waals surface area contributed by atoms with E-state index in [1.165, 1.54) is 0 Å². The lowest BCUT2D eigenvalue weighted by molar-refractivity contribution is -0.143. The topological polar surface area (TPSA) is 205 Å². The maximum atomic E-state index is 14.5. The fraction of sp³-hybridized carbons (Fsp3) is 0.519. The summed E-state index contributed by atoms with van der Waals surface area (Å²) in [6, 6.07) is 20.3. The number of hydrogen-bond acceptors (Lipinski definition) is 12. The molecule has 6 amide bonds. The first kappa shape index (κ1) is 62.3. The van der Waals surface area contributed by atoms with Crippen molar-refractivity contribution in [2.24, 2.45) is 10.8 Å². The van der Waals surface area contributed by atoms with Gasteiger partial charge < -0.3 is 52.3 Å². The summed E-state index contributed by atoms with van der Waals surface area (Å²) in [6.07, 6.45) is 2.37. The third kappa shape index (κ3) is 14.6. The molecule has 4 fully saturated rings. The molecule has 0 spiro atoms. The van der Waals surface area contributed by atoms with Crippen LogP contribution in [-0.2, 0) is 41.9 Å². The van der Waals surface area contributed by atoms with E-state index in [-0.39, 0.29) is 72.5 Å². The average molecular weight is 1160 g/mol. The minimum atomic E-state index is -1.05. The molecule has 16 nitrogen and oxygen atoms in total. The highest BCUT2D eigenvalue weighted by Crippen LogP contribution is 2.48. The molecule has 22 heteroatoms. The maximum Gasteiger partial charge on any atom is 0.247 e. The van der Waals surface area contributed by atoms with Crippen molar-refractivity contribution in [3.63, 3.8) is 0 Å². The second-order valence-electron chi connectivity index (χ2n) is 21.0. The van der Waals surface area contributed by atoms with Gasteiger partial charge in [0.05, 0.1) is 32.8 Å². The van der Waals surface area contributed by atoms with Crippen LogP contribution in [0.5, 0.6) is 0 Å². The molecule has 0 radical (unpaired) electrons. The van der Waals surface area contributed by atoms with Crippen molar-refractivity contribution in [2.45, 2.75) is 139 Å². The highest BCUT2D eigenvalue weighted by molar-refractivity contribution is 8.00. The normalized spacial score (nSPS) is 23.9. The van der Waals surface area contributed by atoms with Crippen molar-refractivity contribution >= 4 is 118 Å². The van der Waals surface area contributed by atoms with Crippen LogP contribution in [0.2, 0.25) is 0 Å². The van der Waals surface area contributed by atoms with E-state index in [9.17, 15) is 28.8 Å². The minimum Gasteiger partial charge on any atom is -0.367 e. The number of halogens is 2. The van der Waals surface area contributed by atoms with Gasteiger partial charge in [0.2, 0.25) is 35.4 Å². The zero-order chi connectivity index (χ0) is 53.5. The summed E-state index contributed by atoms with van der Waals surface area (Å²) in [5.74, 6) is -0.569. The van der Waals surface area contributed by atoms with Gasteiger partial charge in [-0.05, 0) is 98.2 Å². The molecule has 8 N–H and O–H groups in total. The Bertz CT molecular complexity index is 2380. The van der Waals surface area contributed by atoms with Crippen molar-refractivity contribution in [1.29, 1.82) is 0 Å². The van der Waals surface area contributed by atoms with Crippen LogP contribution in [0.25, 0.3) is 0 Å². The minimum absolute atomic E-state index is 0. The van der Waals surface area contributed by atoms with Crippen molar-refractivity contribution in [2.75, 3.05) is 25.6 Å². The fourth-order valence-corrected chi connectivity index (χ4v) is 13.9. The number of nitrogens with one attached hydrogen (secondary N) is 8. The highest BCUT2D eigenvalue weighted by atomic mass is 35.5. The molecule has 0 aromatic heterocycles. The number of carbonyl (C=O) groups is 6. The second kappa shape index (κ2) is 27.4. The molecule has 0 bridgehead atoms. The summed E-state index contributed by atoms with van der Waals surface area (Å²) >= 11 is 14.5. The second-order valence-corrected chi connectivity index (χ2v) is 24.5. The molecule has 4 aliphatic heterocycles. The lowest BCUT2D eigenvalue weighted by Crippen LogP contribution is -2.58. The number of nitrogens with zero attached hydrogens (tertiary/aromatic N) is 2. The third-order valence-electron chi connectivity index (χ3n) is 14.7. The third-order valence-corrected chi connectivity index (χ3v) is 18.1. The van der Waals surface area contributed by atoms with E-state index in [2.05, 4.69) is 42.5 Å². The summed E-state index contributed by atoms with van der Waals surface area (Å²) in [6.45, 7) is 12.1. The van der Waals surface area contributed by atoms with E-state index >= 15 is 0 Å². The average Bonchev–Trinajstić information content (AvgIpc) is 3.71. The zero-order valence-electron chi connectivity index (χ0n) is 44.3. The Morgan fingerprint density at radius 2 is 0.934 bits per heavy atom. The number of amides is 6. The first-order valence-electron chi connectivity index (χ1n) is 25.4. The van der Waals surface area contributed by atoms with Gasteiger partial charge in [0.25, 0.3) is 0 Å². The summed E-state index contributed by atoms with van der Waals surface area (Å²) < 4.78 is 0. The summed E-state index contributed by atoms with van der Waals surface area (Å²) in [7, 11) is 3.61. The summed E-state index contributed by atoms with van der Waals surface area (Å²) in [5.41, 5.74) is 1.59. The van der Waals surface area contributed by atoms with E-state index in [1.807, 2.05) is 102 Å². The molecule has 0 aliphatic carbocycles. The van der Waals surface area contributed by atoms with E-state index in [0.717, 1.165) is 22.6 Å². The van der Waals surface area contributed by atoms with Crippen LogP contribution in [0.4, 0.5) is 0 Å². The smallest absolute Gasteiger partial charge is 0.247 e. The van der Waals surface area contributed by atoms with Crippen LogP contribution < -0.4 is 42.5 Å². The molecular weight excluding hydrogens is 1080 g/mol. The number of benzene rings is 3. The molecule has 4 heterocycles. The van der Waals surface area contributed by atoms with Gasteiger partial charge in [-0.15, -0.1) is 48.3 Å². The summed E-state index contributed by atoms with van der Waals surface area (Å²) in [4.78, 5) is 90.4. The Labute approximate surface area is 479 Å². The zero-order valence-corrected chi connectivity index (χ0v) is 49.2. The monoisotopic (exact) mass is 1160 g/mol. The Kier molecular flexibility index (Phi) is 22.4. The first-order valence-corrected chi connectivity index (χ1v) is 28.3. The Morgan fingerprint density at radius 1 is 0.592 bits per heavy atom. The Morgan fingerprint density at radius 3 is 1.26 bits per heavy atom. The molecule has 3 aromatic rings. The van der Waals surface area contributed by atoms with Crippen molar-refractivity contribution in [1.82, 2.24) is 52.3 Å². The number of hydrogen-bond donors (Lipinski definition) is 8. The van der Waals surface area contributed by atoms with Crippen molar-refractivity contribution in [3.05, 3.63) is 107 Å². The Hall–Kier alpha value is -4.54. The molecule has 3 aromatic carbocycles. The maximum absolute atomic E-state index is 14.5. The number of rotatable bonds is 18. The van der Waals surface area contributed by atoms with Crippen molar-refractivity contribution < 1.29 is 28.8 Å². The lowest BCUT2D eigenvalue weighted by atomic mass is 9.83. The molecule has 76 heavy (non-hydrogen) atoms. The number of carbonyl (C=O) groups excluding carboxylic acids is 6.